The van der Waals surface area contributed by atoms with Gasteiger partial charge in [0.15, 0.2) is 5.76 Å². The fraction of sp³-hybridized carbons (Fsp3) is 0.111. The summed E-state index contributed by atoms with van der Waals surface area (Å²) in [6.45, 7) is 1.62. The van der Waals surface area contributed by atoms with E-state index < -0.39 is 5.97 Å². The van der Waals surface area contributed by atoms with Gasteiger partial charge in [0.1, 0.15) is 17.0 Å². The van der Waals surface area contributed by atoms with Gasteiger partial charge in [-0.05, 0) is 6.92 Å². The maximum atomic E-state index is 10.7. The lowest BCUT2D eigenvalue weighted by molar-refractivity contribution is 0.0695. The van der Waals surface area contributed by atoms with Crippen LogP contribution in [0, 0.1) is 6.92 Å². The van der Waals surface area contributed by atoms with Gasteiger partial charge >= 0.3 is 5.97 Å². The summed E-state index contributed by atoms with van der Waals surface area (Å²) < 4.78 is 5.28. The zero-order valence-corrected chi connectivity index (χ0v) is 8.17. The second kappa shape index (κ2) is 3.26. The van der Waals surface area contributed by atoms with Gasteiger partial charge in [0.25, 0.3) is 0 Å². The van der Waals surface area contributed by atoms with Gasteiger partial charge < -0.3 is 9.52 Å². The Morgan fingerprint density at radius 1 is 1.64 bits per heavy atom. The third-order valence-electron chi connectivity index (χ3n) is 1.83. The lowest BCUT2D eigenvalue weighted by atomic mass is 10.2. The van der Waals surface area contributed by atoms with Crippen molar-refractivity contribution < 1.29 is 14.3 Å². The molecule has 0 saturated heterocycles. The van der Waals surface area contributed by atoms with E-state index in [1.54, 1.807) is 12.4 Å². The molecule has 2 aromatic rings. The number of rotatable bonds is 2. The summed E-state index contributed by atoms with van der Waals surface area (Å²) in [6, 6.07) is 1.49. The maximum absolute atomic E-state index is 10.7. The van der Waals surface area contributed by atoms with E-state index in [-0.39, 0.29) is 5.56 Å². The number of carbonyl (C=O) groups is 1. The number of nitrogens with zero attached hydrogens (tertiary/aromatic N) is 1. The molecule has 0 saturated carbocycles. The average molecular weight is 209 g/mol. The Hall–Kier alpha value is -1.62. The fourth-order valence-corrected chi connectivity index (χ4v) is 1.70. The summed E-state index contributed by atoms with van der Waals surface area (Å²) in [5.74, 6) is -0.0746. The molecule has 5 heteroatoms. The quantitative estimate of drug-likeness (QED) is 0.824. The molecule has 2 aromatic heterocycles. The zero-order valence-electron chi connectivity index (χ0n) is 7.35. The van der Waals surface area contributed by atoms with Crippen molar-refractivity contribution in [1.29, 1.82) is 0 Å². The minimum absolute atomic E-state index is 0.188. The normalized spacial score (nSPS) is 10.4. The van der Waals surface area contributed by atoms with Crippen LogP contribution in [-0.4, -0.2) is 16.1 Å². The first-order valence-corrected chi connectivity index (χ1v) is 4.85. The van der Waals surface area contributed by atoms with Crippen LogP contribution < -0.4 is 0 Å². The van der Waals surface area contributed by atoms with Crippen molar-refractivity contribution in [2.45, 2.75) is 6.92 Å². The third kappa shape index (κ3) is 1.42. The van der Waals surface area contributed by atoms with Crippen molar-refractivity contribution in [3.05, 3.63) is 28.3 Å². The maximum Gasteiger partial charge on any atom is 0.339 e. The molecule has 0 fully saturated rings. The molecule has 0 aliphatic rings. The summed E-state index contributed by atoms with van der Waals surface area (Å²) in [5.41, 5.74) is 2.53. The molecule has 0 bridgehead atoms. The highest BCUT2D eigenvalue weighted by molar-refractivity contribution is 7.07. The number of thiazole rings is 1. The van der Waals surface area contributed by atoms with Gasteiger partial charge in [-0.15, -0.1) is 11.3 Å². The van der Waals surface area contributed by atoms with Gasteiger partial charge in [-0.1, -0.05) is 0 Å². The molecule has 0 atom stereocenters. The molecule has 14 heavy (non-hydrogen) atoms. The van der Waals surface area contributed by atoms with Gasteiger partial charge in [0.2, 0.25) is 0 Å². The van der Waals surface area contributed by atoms with Crippen LogP contribution in [0.3, 0.4) is 0 Å². The Bertz CT molecular complexity index is 458. The van der Waals surface area contributed by atoms with Crippen LogP contribution in [0.4, 0.5) is 0 Å². The van der Waals surface area contributed by atoms with Crippen molar-refractivity contribution in [1.82, 2.24) is 4.98 Å². The SMILES string of the molecule is Cc1oc(-c2cscn2)cc1C(=O)O. The van der Waals surface area contributed by atoms with Crippen molar-refractivity contribution in [3.8, 4) is 11.5 Å². The number of hydrogen-bond donors (Lipinski definition) is 1. The number of hydrogen-bond acceptors (Lipinski definition) is 4. The molecule has 0 spiro atoms. The minimum atomic E-state index is -0.979. The molecule has 0 radical (unpaired) electrons. The van der Waals surface area contributed by atoms with Crippen LogP contribution in [0.15, 0.2) is 21.4 Å². The Labute approximate surface area is 83.8 Å². The Morgan fingerprint density at radius 2 is 2.43 bits per heavy atom. The first kappa shape index (κ1) is 8.96. The van der Waals surface area contributed by atoms with Crippen molar-refractivity contribution in [3.63, 3.8) is 0 Å². The van der Waals surface area contributed by atoms with Gasteiger partial charge in [-0.25, -0.2) is 9.78 Å². The van der Waals surface area contributed by atoms with Crippen LogP contribution in [0.1, 0.15) is 16.1 Å². The van der Waals surface area contributed by atoms with E-state index in [9.17, 15) is 4.79 Å². The van der Waals surface area contributed by atoms with Gasteiger partial charge in [0, 0.05) is 11.4 Å². The average Bonchev–Trinajstić information content (AvgIpc) is 2.70. The Kier molecular flexibility index (Phi) is 2.09. The highest BCUT2D eigenvalue weighted by Gasteiger charge is 2.15. The van der Waals surface area contributed by atoms with Gasteiger partial charge in [-0.2, -0.15) is 0 Å². The summed E-state index contributed by atoms with van der Waals surface area (Å²) >= 11 is 1.44. The minimum Gasteiger partial charge on any atom is -0.478 e. The van der Waals surface area contributed by atoms with Crippen LogP contribution >= 0.6 is 11.3 Å². The van der Waals surface area contributed by atoms with Gasteiger partial charge in [0.05, 0.1) is 5.51 Å². The van der Waals surface area contributed by atoms with E-state index in [4.69, 9.17) is 9.52 Å². The lowest BCUT2D eigenvalue weighted by Gasteiger charge is -1.86. The molecule has 0 aliphatic carbocycles. The molecule has 72 valence electrons. The Balaban J connectivity index is 2.48. The first-order chi connectivity index (χ1) is 6.68. The predicted molar refractivity (Wildman–Crippen MR) is 51.5 cm³/mol. The highest BCUT2D eigenvalue weighted by Crippen LogP contribution is 2.24. The van der Waals surface area contributed by atoms with Crippen molar-refractivity contribution in [2.24, 2.45) is 0 Å². The molecule has 2 heterocycles. The topological polar surface area (TPSA) is 63.3 Å². The second-order valence-corrected chi connectivity index (χ2v) is 3.48. The molecule has 0 aliphatic heterocycles. The van der Waals surface area contributed by atoms with Gasteiger partial charge in [-0.3, -0.25) is 0 Å². The number of carboxylic acids is 1. The van der Waals surface area contributed by atoms with Crippen molar-refractivity contribution in [2.75, 3.05) is 0 Å². The largest absolute Gasteiger partial charge is 0.478 e. The summed E-state index contributed by atoms with van der Waals surface area (Å²) in [4.78, 5) is 14.8. The molecular weight excluding hydrogens is 202 g/mol. The van der Waals surface area contributed by atoms with Crippen molar-refractivity contribution >= 4 is 17.3 Å². The van der Waals surface area contributed by atoms with Crippen LogP contribution in [0.2, 0.25) is 0 Å². The summed E-state index contributed by atoms with van der Waals surface area (Å²) in [7, 11) is 0. The van der Waals surface area contributed by atoms with E-state index >= 15 is 0 Å². The lowest BCUT2D eigenvalue weighted by Crippen LogP contribution is -1.94. The molecule has 0 aromatic carbocycles. The third-order valence-corrected chi connectivity index (χ3v) is 2.42. The van der Waals surface area contributed by atoms with E-state index in [1.807, 2.05) is 5.38 Å². The zero-order chi connectivity index (χ0) is 10.1. The fourth-order valence-electron chi connectivity index (χ4n) is 1.15. The Morgan fingerprint density at radius 3 is 2.93 bits per heavy atom. The summed E-state index contributed by atoms with van der Waals surface area (Å²) in [5, 5.41) is 10.6. The number of aryl methyl sites for hydroxylation is 1. The highest BCUT2D eigenvalue weighted by atomic mass is 32.1. The molecule has 0 unspecified atom stereocenters. The molecule has 1 N–H and O–H groups in total. The standard InChI is InChI=1S/C9H7NO3S/c1-5-6(9(11)12)2-8(13-5)7-3-14-4-10-7/h2-4H,1H3,(H,11,12). The smallest absolute Gasteiger partial charge is 0.339 e. The monoisotopic (exact) mass is 209 g/mol. The number of aromatic carboxylic acids is 1. The molecular formula is C9H7NO3S. The first-order valence-electron chi connectivity index (χ1n) is 3.91. The number of aromatic nitrogens is 1. The van der Waals surface area contributed by atoms with E-state index in [2.05, 4.69) is 4.98 Å². The van der Waals surface area contributed by atoms with Crippen LogP contribution in [0.5, 0.6) is 0 Å². The van der Waals surface area contributed by atoms with E-state index in [0.717, 1.165) is 0 Å². The van der Waals surface area contributed by atoms with Crippen LogP contribution in [-0.2, 0) is 0 Å². The molecule has 0 amide bonds. The van der Waals surface area contributed by atoms with Crippen LogP contribution in [0.25, 0.3) is 11.5 Å². The van der Waals surface area contributed by atoms with E-state index in [0.29, 0.717) is 17.2 Å². The second-order valence-electron chi connectivity index (χ2n) is 2.76. The number of furan rings is 1. The number of carboxylic acid groups (broad SMARTS) is 1. The summed E-state index contributed by atoms with van der Waals surface area (Å²) in [6.07, 6.45) is 0. The molecule has 2 rings (SSSR count). The molecule has 4 nitrogen and oxygen atoms in total. The predicted octanol–water partition coefficient (Wildman–Crippen LogP) is 2.41. The van der Waals surface area contributed by atoms with E-state index in [1.165, 1.54) is 17.4 Å².